The van der Waals surface area contributed by atoms with Crippen LogP contribution in [0.4, 0.5) is 0 Å². The Labute approximate surface area is 115 Å². The molecule has 1 heterocycles. The molecule has 0 unspecified atom stereocenters. The van der Waals surface area contributed by atoms with Gasteiger partial charge in [-0.15, -0.1) is 0 Å². The number of carbonyl (C=O) groups is 1. The molecule has 1 aromatic carbocycles. The Balaban J connectivity index is 2.21. The highest BCUT2D eigenvalue weighted by atomic mass is 79.9. The van der Waals surface area contributed by atoms with E-state index in [4.69, 9.17) is 0 Å². The van der Waals surface area contributed by atoms with E-state index in [1.165, 1.54) is 0 Å². The molecule has 2 aromatic rings. The zero-order valence-corrected chi connectivity index (χ0v) is 11.9. The van der Waals surface area contributed by atoms with Crippen LogP contribution in [0.1, 0.15) is 29.4 Å². The van der Waals surface area contributed by atoms with Gasteiger partial charge in [-0.25, -0.2) is 0 Å². The van der Waals surface area contributed by atoms with Gasteiger partial charge in [0.15, 0.2) is 5.78 Å². The van der Waals surface area contributed by atoms with Crippen molar-refractivity contribution in [1.82, 2.24) is 9.78 Å². The Morgan fingerprint density at radius 2 is 2.06 bits per heavy atom. The zero-order chi connectivity index (χ0) is 13.0. The van der Waals surface area contributed by atoms with E-state index < -0.39 is 0 Å². The van der Waals surface area contributed by atoms with Gasteiger partial charge in [-0.1, -0.05) is 37.3 Å². The van der Waals surface area contributed by atoms with Crippen LogP contribution in [-0.4, -0.2) is 15.6 Å². The van der Waals surface area contributed by atoms with E-state index in [9.17, 15) is 4.79 Å². The number of hydrogen-bond donors (Lipinski definition) is 0. The SMILES string of the molecule is CCCn1ncc(Br)c1C(=O)Cc1ccccc1. The number of aryl methyl sites for hydroxylation is 1. The summed E-state index contributed by atoms with van der Waals surface area (Å²) < 4.78 is 2.55. The lowest BCUT2D eigenvalue weighted by Gasteiger charge is -2.06. The second-order valence-corrected chi connectivity index (χ2v) is 5.00. The molecule has 2 rings (SSSR count). The van der Waals surface area contributed by atoms with Crippen LogP contribution in [0, 0.1) is 0 Å². The fourth-order valence-electron chi connectivity index (χ4n) is 1.89. The van der Waals surface area contributed by atoms with Gasteiger partial charge in [-0.2, -0.15) is 5.10 Å². The number of rotatable bonds is 5. The van der Waals surface area contributed by atoms with Crippen molar-refractivity contribution in [1.29, 1.82) is 0 Å². The molecular weight excluding hydrogens is 292 g/mol. The molecule has 0 aliphatic carbocycles. The van der Waals surface area contributed by atoms with Crippen molar-refractivity contribution >= 4 is 21.7 Å². The molecular formula is C14H15BrN2O. The summed E-state index contributed by atoms with van der Waals surface area (Å²) >= 11 is 3.40. The van der Waals surface area contributed by atoms with E-state index in [0.717, 1.165) is 23.0 Å². The molecule has 0 atom stereocenters. The number of hydrogen-bond acceptors (Lipinski definition) is 2. The first-order valence-electron chi connectivity index (χ1n) is 6.00. The van der Waals surface area contributed by atoms with E-state index in [1.807, 2.05) is 30.3 Å². The fourth-order valence-corrected chi connectivity index (χ4v) is 2.40. The third-order valence-corrected chi connectivity index (χ3v) is 3.28. The maximum absolute atomic E-state index is 12.3. The summed E-state index contributed by atoms with van der Waals surface area (Å²) in [6.07, 6.45) is 3.06. The zero-order valence-electron chi connectivity index (χ0n) is 10.3. The third kappa shape index (κ3) is 2.88. The minimum absolute atomic E-state index is 0.0963. The van der Waals surface area contributed by atoms with Crippen molar-refractivity contribution in [2.45, 2.75) is 26.3 Å². The first-order chi connectivity index (χ1) is 8.72. The highest BCUT2D eigenvalue weighted by Crippen LogP contribution is 2.18. The Kier molecular flexibility index (Phi) is 4.31. The number of aromatic nitrogens is 2. The Morgan fingerprint density at radius 3 is 2.72 bits per heavy atom. The van der Waals surface area contributed by atoms with E-state index in [1.54, 1.807) is 10.9 Å². The topological polar surface area (TPSA) is 34.9 Å². The molecule has 94 valence electrons. The van der Waals surface area contributed by atoms with E-state index in [2.05, 4.69) is 28.0 Å². The van der Waals surface area contributed by atoms with Gasteiger partial charge in [0.05, 0.1) is 10.7 Å². The number of carbonyl (C=O) groups excluding carboxylic acids is 1. The average Bonchev–Trinajstić information content (AvgIpc) is 2.72. The highest BCUT2D eigenvalue weighted by molar-refractivity contribution is 9.10. The lowest BCUT2D eigenvalue weighted by molar-refractivity contribution is 0.0981. The first kappa shape index (κ1) is 13.0. The van der Waals surface area contributed by atoms with Gasteiger partial charge >= 0.3 is 0 Å². The highest BCUT2D eigenvalue weighted by Gasteiger charge is 2.16. The second kappa shape index (κ2) is 5.96. The van der Waals surface area contributed by atoms with Gasteiger partial charge in [0.2, 0.25) is 0 Å². The Hall–Kier alpha value is -1.42. The number of nitrogens with zero attached hydrogens (tertiary/aromatic N) is 2. The summed E-state index contributed by atoms with van der Waals surface area (Å²) in [5, 5.41) is 4.22. The Morgan fingerprint density at radius 1 is 1.33 bits per heavy atom. The van der Waals surface area contributed by atoms with Crippen LogP contribution >= 0.6 is 15.9 Å². The summed E-state index contributed by atoms with van der Waals surface area (Å²) in [7, 11) is 0. The van der Waals surface area contributed by atoms with Crippen LogP contribution in [0.2, 0.25) is 0 Å². The first-order valence-corrected chi connectivity index (χ1v) is 6.80. The van der Waals surface area contributed by atoms with E-state index >= 15 is 0 Å². The molecule has 0 saturated carbocycles. The summed E-state index contributed by atoms with van der Waals surface area (Å²) in [6, 6.07) is 9.77. The lowest BCUT2D eigenvalue weighted by atomic mass is 10.1. The van der Waals surface area contributed by atoms with E-state index in [0.29, 0.717) is 12.1 Å². The molecule has 0 fully saturated rings. The molecule has 0 amide bonds. The van der Waals surface area contributed by atoms with Gasteiger partial charge in [-0.05, 0) is 27.9 Å². The second-order valence-electron chi connectivity index (χ2n) is 4.15. The monoisotopic (exact) mass is 306 g/mol. The van der Waals surface area contributed by atoms with Gasteiger partial charge in [0.1, 0.15) is 5.69 Å². The smallest absolute Gasteiger partial charge is 0.186 e. The van der Waals surface area contributed by atoms with Crippen LogP contribution in [0.5, 0.6) is 0 Å². The van der Waals surface area contributed by atoms with Crippen molar-refractivity contribution in [3.8, 4) is 0 Å². The molecule has 4 heteroatoms. The quantitative estimate of drug-likeness (QED) is 0.793. The van der Waals surface area contributed by atoms with Crippen LogP contribution in [0.25, 0.3) is 0 Å². The fraction of sp³-hybridized carbons (Fsp3) is 0.286. The van der Waals surface area contributed by atoms with Crippen molar-refractivity contribution in [2.75, 3.05) is 0 Å². The summed E-state index contributed by atoms with van der Waals surface area (Å²) in [4.78, 5) is 12.3. The molecule has 0 saturated heterocycles. The van der Waals surface area contributed by atoms with Crippen molar-refractivity contribution in [3.05, 3.63) is 52.3 Å². The van der Waals surface area contributed by atoms with Crippen molar-refractivity contribution < 1.29 is 4.79 Å². The predicted octanol–water partition coefficient (Wildman–Crippen LogP) is 3.48. The summed E-state index contributed by atoms with van der Waals surface area (Å²) in [5.74, 6) is 0.0963. The standard InChI is InChI=1S/C14H15BrN2O/c1-2-8-17-14(12(15)10-16-17)13(18)9-11-6-4-3-5-7-11/h3-7,10H,2,8-9H2,1H3. The maximum Gasteiger partial charge on any atom is 0.186 e. The minimum Gasteiger partial charge on any atom is -0.292 e. The predicted molar refractivity (Wildman–Crippen MR) is 74.7 cm³/mol. The number of halogens is 1. The molecule has 0 aliphatic rings. The minimum atomic E-state index is 0.0963. The number of ketones is 1. The van der Waals surface area contributed by atoms with Crippen LogP contribution in [-0.2, 0) is 13.0 Å². The molecule has 1 aromatic heterocycles. The maximum atomic E-state index is 12.3. The molecule has 0 radical (unpaired) electrons. The molecule has 0 bridgehead atoms. The summed E-state index contributed by atoms with van der Waals surface area (Å²) in [5.41, 5.74) is 1.69. The molecule has 3 nitrogen and oxygen atoms in total. The van der Waals surface area contributed by atoms with Gasteiger partial charge in [0.25, 0.3) is 0 Å². The Bertz CT molecular complexity index is 534. The average molecular weight is 307 g/mol. The number of Topliss-reactive ketones (excluding diaryl/α,β-unsaturated/α-hetero) is 1. The van der Waals surface area contributed by atoms with Gasteiger partial charge in [0, 0.05) is 13.0 Å². The van der Waals surface area contributed by atoms with Crippen LogP contribution in [0.3, 0.4) is 0 Å². The molecule has 0 aliphatic heterocycles. The van der Waals surface area contributed by atoms with Crippen molar-refractivity contribution in [3.63, 3.8) is 0 Å². The lowest BCUT2D eigenvalue weighted by Crippen LogP contribution is -2.13. The van der Waals surface area contributed by atoms with Crippen LogP contribution < -0.4 is 0 Å². The van der Waals surface area contributed by atoms with Gasteiger partial charge < -0.3 is 0 Å². The third-order valence-electron chi connectivity index (χ3n) is 2.70. The van der Waals surface area contributed by atoms with E-state index in [-0.39, 0.29) is 5.78 Å². The summed E-state index contributed by atoms with van der Waals surface area (Å²) in [6.45, 7) is 2.84. The number of benzene rings is 1. The molecule has 0 N–H and O–H groups in total. The van der Waals surface area contributed by atoms with Crippen LogP contribution in [0.15, 0.2) is 41.0 Å². The normalized spacial score (nSPS) is 10.6. The largest absolute Gasteiger partial charge is 0.292 e. The van der Waals surface area contributed by atoms with Gasteiger partial charge in [-0.3, -0.25) is 9.48 Å². The van der Waals surface area contributed by atoms with Crippen molar-refractivity contribution in [2.24, 2.45) is 0 Å². The molecule has 18 heavy (non-hydrogen) atoms. The molecule has 0 spiro atoms.